The van der Waals surface area contributed by atoms with E-state index in [9.17, 15) is 5.11 Å². The summed E-state index contributed by atoms with van der Waals surface area (Å²) in [5, 5.41) is 11.2. The van der Waals surface area contributed by atoms with Crippen molar-refractivity contribution in [3.63, 3.8) is 0 Å². The molecule has 1 heteroatoms. The molecule has 0 heterocycles. The van der Waals surface area contributed by atoms with E-state index in [1.807, 2.05) is 24.3 Å². The Morgan fingerprint density at radius 2 is 1.00 bits per heavy atom. The van der Waals surface area contributed by atoms with E-state index in [0.717, 1.165) is 33.4 Å². The SMILES string of the molecule is C#CC(O)(c1cc(C)c(C)c(C)c1)c1cc(C)c(C)c(C)c1. The number of rotatable bonds is 2. The van der Waals surface area contributed by atoms with Crippen LogP contribution < -0.4 is 0 Å². The van der Waals surface area contributed by atoms with Crippen LogP contribution in [0.1, 0.15) is 44.5 Å². The summed E-state index contributed by atoms with van der Waals surface area (Å²) in [4.78, 5) is 0. The maximum absolute atomic E-state index is 11.2. The van der Waals surface area contributed by atoms with Gasteiger partial charge >= 0.3 is 0 Å². The van der Waals surface area contributed by atoms with E-state index < -0.39 is 5.60 Å². The Balaban J connectivity index is 2.71. The highest BCUT2D eigenvalue weighted by Crippen LogP contribution is 2.33. The fourth-order valence-corrected chi connectivity index (χ4v) is 2.82. The first kappa shape index (κ1) is 16.3. The Bertz CT molecular complexity index is 671. The molecule has 2 rings (SSSR count). The van der Waals surface area contributed by atoms with Crippen molar-refractivity contribution < 1.29 is 5.11 Å². The predicted molar refractivity (Wildman–Crippen MR) is 93.1 cm³/mol. The van der Waals surface area contributed by atoms with Crippen molar-refractivity contribution in [2.45, 2.75) is 47.1 Å². The number of benzene rings is 2. The van der Waals surface area contributed by atoms with Gasteiger partial charge in [-0.05, 0) is 74.9 Å². The fraction of sp³-hybridized carbons (Fsp3) is 0.333. The first-order valence-corrected chi connectivity index (χ1v) is 7.57. The molecular formula is C21H24O. The van der Waals surface area contributed by atoms with Crippen molar-refractivity contribution in [3.8, 4) is 12.3 Å². The molecule has 1 N–H and O–H groups in total. The third-order valence-electron chi connectivity index (χ3n) is 4.90. The van der Waals surface area contributed by atoms with Crippen LogP contribution >= 0.6 is 0 Å². The summed E-state index contributed by atoms with van der Waals surface area (Å²) < 4.78 is 0. The molecule has 0 aliphatic heterocycles. The summed E-state index contributed by atoms with van der Waals surface area (Å²) in [6.07, 6.45) is 5.75. The molecule has 0 bridgehead atoms. The summed E-state index contributed by atoms with van der Waals surface area (Å²) in [6.45, 7) is 12.4. The van der Waals surface area contributed by atoms with Crippen LogP contribution in [0.25, 0.3) is 0 Å². The van der Waals surface area contributed by atoms with Gasteiger partial charge in [0.05, 0.1) is 0 Å². The van der Waals surface area contributed by atoms with Gasteiger partial charge in [-0.3, -0.25) is 0 Å². The molecule has 0 fully saturated rings. The van der Waals surface area contributed by atoms with Gasteiger partial charge in [-0.25, -0.2) is 0 Å². The second-order valence-corrected chi connectivity index (χ2v) is 6.32. The monoisotopic (exact) mass is 292 g/mol. The number of hydrogen-bond donors (Lipinski definition) is 1. The lowest BCUT2D eigenvalue weighted by atomic mass is 9.82. The van der Waals surface area contributed by atoms with Crippen molar-refractivity contribution >= 4 is 0 Å². The average Bonchev–Trinajstić information content (AvgIpc) is 2.48. The molecule has 0 atom stereocenters. The molecule has 0 aliphatic carbocycles. The van der Waals surface area contributed by atoms with Crippen molar-refractivity contribution in [1.82, 2.24) is 0 Å². The van der Waals surface area contributed by atoms with Crippen LogP contribution in [0.5, 0.6) is 0 Å². The lowest BCUT2D eigenvalue weighted by Gasteiger charge is -2.26. The minimum absolute atomic E-state index is 0.762. The molecule has 1 nitrogen and oxygen atoms in total. The number of aryl methyl sites for hydroxylation is 4. The van der Waals surface area contributed by atoms with Gasteiger partial charge in [0.1, 0.15) is 0 Å². The summed E-state index contributed by atoms with van der Waals surface area (Å²) >= 11 is 0. The second-order valence-electron chi connectivity index (χ2n) is 6.32. The Kier molecular flexibility index (Phi) is 4.18. The second kappa shape index (κ2) is 5.63. The van der Waals surface area contributed by atoms with Crippen LogP contribution in [-0.4, -0.2) is 5.11 Å². The molecule has 0 spiro atoms. The highest BCUT2D eigenvalue weighted by molar-refractivity contribution is 5.51. The summed E-state index contributed by atoms with van der Waals surface area (Å²) in [5.74, 6) is 2.61. The highest BCUT2D eigenvalue weighted by atomic mass is 16.3. The first-order valence-electron chi connectivity index (χ1n) is 7.57. The fourth-order valence-electron chi connectivity index (χ4n) is 2.82. The number of aliphatic hydroxyl groups is 1. The zero-order valence-electron chi connectivity index (χ0n) is 14.3. The maximum atomic E-state index is 11.2. The standard InChI is InChI=1S/C21H24O/c1-8-21(22,19-9-13(2)17(6)14(3)10-19)20-11-15(4)18(7)16(5)12-20/h1,9-12,22H,2-7H3. The van der Waals surface area contributed by atoms with Gasteiger partial charge in [0.25, 0.3) is 0 Å². The average molecular weight is 292 g/mol. The first-order chi connectivity index (χ1) is 10.2. The molecule has 114 valence electrons. The van der Waals surface area contributed by atoms with E-state index in [1.165, 1.54) is 11.1 Å². The van der Waals surface area contributed by atoms with Crippen molar-refractivity contribution in [2.24, 2.45) is 0 Å². The van der Waals surface area contributed by atoms with Crippen molar-refractivity contribution in [2.75, 3.05) is 0 Å². The van der Waals surface area contributed by atoms with Crippen LogP contribution in [0.2, 0.25) is 0 Å². The van der Waals surface area contributed by atoms with Gasteiger partial charge in [0.2, 0.25) is 0 Å². The molecule has 0 radical (unpaired) electrons. The minimum atomic E-state index is -1.40. The van der Waals surface area contributed by atoms with Crippen molar-refractivity contribution in [3.05, 3.63) is 68.8 Å². The third-order valence-corrected chi connectivity index (χ3v) is 4.90. The van der Waals surface area contributed by atoms with Gasteiger partial charge in [0.15, 0.2) is 5.60 Å². The summed E-state index contributed by atoms with van der Waals surface area (Å²) in [7, 11) is 0. The zero-order chi connectivity index (χ0) is 16.7. The van der Waals surface area contributed by atoms with Crippen LogP contribution in [-0.2, 0) is 5.60 Å². The topological polar surface area (TPSA) is 20.2 Å². The molecule has 0 amide bonds. The molecule has 22 heavy (non-hydrogen) atoms. The Morgan fingerprint density at radius 1 is 0.727 bits per heavy atom. The van der Waals surface area contributed by atoms with Crippen LogP contribution in [0.3, 0.4) is 0 Å². The molecule has 0 aromatic heterocycles. The van der Waals surface area contributed by atoms with E-state index in [0.29, 0.717) is 0 Å². The van der Waals surface area contributed by atoms with E-state index in [-0.39, 0.29) is 0 Å². The quantitative estimate of drug-likeness (QED) is 0.813. The molecule has 0 saturated heterocycles. The van der Waals surface area contributed by atoms with Gasteiger partial charge in [-0.1, -0.05) is 30.2 Å². The lowest BCUT2D eigenvalue weighted by molar-refractivity contribution is 0.145. The minimum Gasteiger partial charge on any atom is -0.369 e. The third kappa shape index (κ3) is 2.56. The van der Waals surface area contributed by atoms with E-state index in [1.54, 1.807) is 0 Å². The normalized spacial score (nSPS) is 11.4. The summed E-state index contributed by atoms with van der Waals surface area (Å²) in [5.41, 5.74) is 7.17. The molecular weight excluding hydrogens is 268 g/mol. The van der Waals surface area contributed by atoms with E-state index >= 15 is 0 Å². The largest absolute Gasteiger partial charge is 0.369 e. The van der Waals surface area contributed by atoms with Crippen LogP contribution in [0.15, 0.2) is 24.3 Å². The molecule has 2 aromatic rings. The molecule has 0 aliphatic rings. The van der Waals surface area contributed by atoms with Gasteiger partial charge in [-0.15, -0.1) is 6.42 Å². The van der Waals surface area contributed by atoms with Gasteiger partial charge in [0, 0.05) is 11.1 Å². The van der Waals surface area contributed by atoms with Gasteiger partial charge in [-0.2, -0.15) is 0 Å². The highest BCUT2D eigenvalue weighted by Gasteiger charge is 2.30. The maximum Gasteiger partial charge on any atom is 0.176 e. The Hall–Kier alpha value is -2.04. The Morgan fingerprint density at radius 3 is 1.23 bits per heavy atom. The van der Waals surface area contributed by atoms with Crippen LogP contribution in [0.4, 0.5) is 0 Å². The molecule has 0 saturated carbocycles. The lowest BCUT2D eigenvalue weighted by Crippen LogP contribution is -2.26. The smallest absolute Gasteiger partial charge is 0.176 e. The number of hydrogen-bond acceptors (Lipinski definition) is 1. The predicted octanol–water partition coefficient (Wildman–Crippen LogP) is 4.41. The number of terminal acetylenes is 1. The van der Waals surface area contributed by atoms with Crippen LogP contribution in [0, 0.1) is 53.9 Å². The van der Waals surface area contributed by atoms with Crippen molar-refractivity contribution in [1.29, 1.82) is 0 Å². The molecule has 0 unspecified atom stereocenters. The summed E-state index contributed by atoms with van der Waals surface area (Å²) in [6, 6.07) is 7.97. The van der Waals surface area contributed by atoms with E-state index in [2.05, 4.69) is 47.5 Å². The van der Waals surface area contributed by atoms with E-state index in [4.69, 9.17) is 6.42 Å². The molecule has 2 aromatic carbocycles. The van der Waals surface area contributed by atoms with Gasteiger partial charge < -0.3 is 5.11 Å². The Labute approximate surface area is 134 Å². The zero-order valence-corrected chi connectivity index (χ0v) is 14.3.